The van der Waals surface area contributed by atoms with Crippen LogP contribution in [0.5, 0.6) is 0 Å². The van der Waals surface area contributed by atoms with Crippen molar-refractivity contribution in [3.8, 4) is 0 Å². The zero-order valence-corrected chi connectivity index (χ0v) is 11.0. The lowest BCUT2D eigenvalue weighted by Crippen LogP contribution is -2.56. The number of hydrogen-bond acceptors (Lipinski definition) is 3. The third-order valence-corrected chi connectivity index (χ3v) is 4.10. The van der Waals surface area contributed by atoms with E-state index in [1.165, 1.54) is 15.3 Å². The zero-order valence-electron chi connectivity index (χ0n) is 10.2. The first kappa shape index (κ1) is 12.9. The van der Waals surface area contributed by atoms with Gasteiger partial charge in [-0.3, -0.25) is 4.79 Å². The van der Waals surface area contributed by atoms with Crippen LogP contribution in [0.3, 0.4) is 0 Å². The van der Waals surface area contributed by atoms with Gasteiger partial charge in [0.2, 0.25) is 0 Å². The molecule has 1 aliphatic heterocycles. The number of carboxylic acid groups (broad SMARTS) is 1. The van der Waals surface area contributed by atoms with E-state index in [1.54, 1.807) is 11.3 Å². The Labute approximate surface area is 109 Å². The molecular weight excluding hydrogens is 252 g/mol. The van der Waals surface area contributed by atoms with Crippen LogP contribution < -0.4 is 5.32 Å². The Kier molecular flexibility index (Phi) is 3.86. The summed E-state index contributed by atoms with van der Waals surface area (Å²) in [5.74, 6) is -1.23. The minimum atomic E-state index is -0.828. The van der Waals surface area contributed by atoms with E-state index in [9.17, 15) is 9.59 Å². The molecule has 1 aromatic rings. The molecule has 0 radical (unpaired) electrons. The van der Waals surface area contributed by atoms with Crippen molar-refractivity contribution >= 4 is 23.3 Å². The number of rotatable bonds is 4. The first-order chi connectivity index (χ1) is 8.61. The van der Waals surface area contributed by atoms with E-state index in [0.717, 1.165) is 6.42 Å². The summed E-state index contributed by atoms with van der Waals surface area (Å²) in [5, 5.41) is 13.6. The van der Waals surface area contributed by atoms with Crippen molar-refractivity contribution in [3.05, 3.63) is 21.9 Å². The quantitative estimate of drug-likeness (QED) is 0.870. The highest BCUT2D eigenvalue weighted by atomic mass is 32.1. The van der Waals surface area contributed by atoms with E-state index in [-0.39, 0.29) is 6.03 Å². The number of nitrogens with zero attached hydrogens (tertiary/aromatic N) is 1. The molecule has 98 valence electrons. The van der Waals surface area contributed by atoms with Gasteiger partial charge in [0.1, 0.15) is 0 Å². The summed E-state index contributed by atoms with van der Waals surface area (Å²) in [4.78, 5) is 25.0. The lowest BCUT2D eigenvalue weighted by molar-refractivity contribution is -0.146. The second-order valence-corrected chi connectivity index (χ2v) is 5.32. The zero-order chi connectivity index (χ0) is 13.1. The first-order valence-corrected chi connectivity index (χ1v) is 6.80. The summed E-state index contributed by atoms with van der Waals surface area (Å²) >= 11 is 1.63. The number of aliphatic carboxylic acids is 1. The number of carboxylic acids is 1. The van der Waals surface area contributed by atoms with E-state index in [2.05, 4.69) is 18.3 Å². The molecule has 2 heterocycles. The van der Waals surface area contributed by atoms with Gasteiger partial charge in [-0.2, -0.15) is 0 Å². The number of carbonyl (C=O) groups is 2. The molecule has 0 aliphatic carbocycles. The van der Waals surface area contributed by atoms with Crippen LogP contribution in [-0.2, 0) is 17.8 Å². The van der Waals surface area contributed by atoms with Crippen molar-refractivity contribution in [1.29, 1.82) is 0 Å². The van der Waals surface area contributed by atoms with Gasteiger partial charge in [0.25, 0.3) is 0 Å². The van der Waals surface area contributed by atoms with Crippen molar-refractivity contribution in [2.24, 2.45) is 5.92 Å². The Morgan fingerprint density at radius 3 is 2.89 bits per heavy atom. The predicted octanol–water partition coefficient (Wildman–Crippen LogP) is 1.54. The molecular formula is C12H16N2O3S. The minimum Gasteiger partial charge on any atom is -0.481 e. The van der Waals surface area contributed by atoms with Gasteiger partial charge in [-0.15, -0.1) is 11.3 Å². The maximum Gasteiger partial charge on any atom is 0.317 e. The fraction of sp³-hybridized carbons (Fsp3) is 0.500. The minimum absolute atomic E-state index is 0.178. The lowest BCUT2D eigenvalue weighted by atomic mass is 10.0. The van der Waals surface area contributed by atoms with Gasteiger partial charge in [-0.05, 0) is 23.4 Å². The molecule has 0 spiro atoms. The maximum absolute atomic E-state index is 11.7. The number of amides is 2. The highest BCUT2D eigenvalue weighted by molar-refractivity contribution is 7.10. The topological polar surface area (TPSA) is 69.6 Å². The van der Waals surface area contributed by atoms with E-state index in [1.807, 2.05) is 5.38 Å². The summed E-state index contributed by atoms with van der Waals surface area (Å²) in [5.41, 5.74) is 1.26. The summed E-state index contributed by atoms with van der Waals surface area (Å²) in [6.45, 7) is 3.23. The molecule has 1 saturated heterocycles. The fourth-order valence-corrected chi connectivity index (χ4v) is 2.82. The maximum atomic E-state index is 11.7. The van der Waals surface area contributed by atoms with Crippen molar-refractivity contribution < 1.29 is 14.7 Å². The van der Waals surface area contributed by atoms with Crippen LogP contribution in [-0.4, -0.2) is 35.1 Å². The molecule has 1 aliphatic rings. The fourth-order valence-electron chi connectivity index (χ4n) is 1.91. The third-order valence-electron chi connectivity index (χ3n) is 3.14. The van der Waals surface area contributed by atoms with Gasteiger partial charge in [-0.1, -0.05) is 6.92 Å². The Bertz CT molecular complexity index is 452. The average Bonchev–Trinajstić information content (AvgIpc) is 2.70. The molecule has 2 N–H and O–H groups in total. The standard InChI is InChI=1S/C12H16N2O3S/c1-2-8-3-4-18-10(8)5-13-12(17)14-6-9(7-14)11(15)16/h3-4,9H,2,5-7H2,1H3,(H,13,17)(H,15,16). The molecule has 0 saturated carbocycles. The average molecular weight is 268 g/mol. The SMILES string of the molecule is CCc1ccsc1CNC(=O)N1CC(C(=O)O)C1. The largest absolute Gasteiger partial charge is 0.481 e. The predicted molar refractivity (Wildman–Crippen MR) is 68.6 cm³/mol. The smallest absolute Gasteiger partial charge is 0.317 e. The van der Waals surface area contributed by atoms with Gasteiger partial charge >= 0.3 is 12.0 Å². The first-order valence-electron chi connectivity index (χ1n) is 5.92. The van der Waals surface area contributed by atoms with E-state index >= 15 is 0 Å². The van der Waals surface area contributed by atoms with Crippen LogP contribution in [0.1, 0.15) is 17.4 Å². The van der Waals surface area contributed by atoms with E-state index in [4.69, 9.17) is 5.11 Å². The van der Waals surface area contributed by atoms with Crippen molar-refractivity contribution in [2.45, 2.75) is 19.9 Å². The number of carbonyl (C=O) groups excluding carboxylic acids is 1. The van der Waals surface area contributed by atoms with Gasteiger partial charge < -0.3 is 15.3 Å². The molecule has 0 atom stereocenters. The van der Waals surface area contributed by atoms with E-state index < -0.39 is 11.9 Å². The van der Waals surface area contributed by atoms with Gasteiger partial charge in [0.05, 0.1) is 12.5 Å². The molecule has 5 nitrogen and oxygen atoms in total. The molecule has 2 amide bonds. The second-order valence-electron chi connectivity index (χ2n) is 4.32. The molecule has 1 aromatic heterocycles. The van der Waals surface area contributed by atoms with Gasteiger partial charge in [0, 0.05) is 18.0 Å². The summed E-state index contributed by atoms with van der Waals surface area (Å²) in [7, 11) is 0. The number of hydrogen-bond donors (Lipinski definition) is 2. The number of thiophene rings is 1. The highest BCUT2D eigenvalue weighted by Gasteiger charge is 2.35. The summed E-state index contributed by atoms with van der Waals surface area (Å²) in [6, 6.07) is 1.89. The Morgan fingerprint density at radius 1 is 1.56 bits per heavy atom. The molecule has 0 bridgehead atoms. The molecule has 0 aromatic carbocycles. The number of nitrogens with one attached hydrogen (secondary N) is 1. The van der Waals surface area contributed by atoms with E-state index in [0.29, 0.717) is 19.6 Å². The van der Waals surface area contributed by atoms with Crippen molar-refractivity contribution in [1.82, 2.24) is 10.2 Å². The van der Waals surface area contributed by atoms with Gasteiger partial charge in [0.15, 0.2) is 0 Å². The Hall–Kier alpha value is -1.56. The Balaban J connectivity index is 1.78. The highest BCUT2D eigenvalue weighted by Crippen LogP contribution is 2.18. The van der Waals surface area contributed by atoms with Crippen LogP contribution in [0.4, 0.5) is 4.79 Å². The molecule has 0 unspecified atom stereocenters. The van der Waals surface area contributed by atoms with Gasteiger partial charge in [-0.25, -0.2) is 4.79 Å². The summed E-state index contributed by atoms with van der Waals surface area (Å²) in [6.07, 6.45) is 0.958. The second kappa shape index (κ2) is 5.39. The monoisotopic (exact) mass is 268 g/mol. The number of aryl methyl sites for hydroxylation is 1. The molecule has 18 heavy (non-hydrogen) atoms. The Morgan fingerprint density at radius 2 is 2.28 bits per heavy atom. The molecule has 1 fully saturated rings. The third kappa shape index (κ3) is 2.64. The van der Waals surface area contributed by atoms with Crippen LogP contribution in [0, 0.1) is 5.92 Å². The van der Waals surface area contributed by atoms with Crippen LogP contribution in [0.2, 0.25) is 0 Å². The normalized spacial score (nSPS) is 15.3. The van der Waals surface area contributed by atoms with Crippen molar-refractivity contribution in [3.63, 3.8) is 0 Å². The molecule has 2 rings (SSSR count). The van der Waals surface area contributed by atoms with Crippen LogP contribution in [0.25, 0.3) is 0 Å². The molecule has 6 heteroatoms. The summed E-state index contributed by atoms with van der Waals surface area (Å²) < 4.78 is 0. The van der Waals surface area contributed by atoms with Crippen molar-refractivity contribution in [2.75, 3.05) is 13.1 Å². The number of urea groups is 1. The number of likely N-dealkylation sites (tertiary alicyclic amines) is 1. The van der Waals surface area contributed by atoms with Crippen LogP contribution in [0.15, 0.2) is 11.4 Å². The van der Waals surface area contributed by atoms with Crippen LogP contribution >= 0.6 is 11.3 Å². The lowest BCUT2D eigenvalue weighted by Gasteiger charge is -2.36.